The predicted octanol–water partition coefficient (Wildman–Crippen LogP) is 2.20. The first kappa shape index (κ1) is 8.73. The van der Waals surface area contributed by atoms with Crippen molar-refractivity contribution in [1.29, 1.82) is 0 Å². The summed E-state index contributed by atoms with van der Waals surface area (Å²) in [4.78, 5) is 10.7. The summed E-state index contributed by atoms with van der Waals surface area (Å²) in [5.41, 5.74) is 3.10. The number of allylic oxidation sites excluding steroid dienone is 8. The van der Waals surface area contributed by atoms with Crippen LogP contribution < -0.4 is 0 Å². The molecule has 2 aliphatic rings. The molecule has 0 atom stereocenters. The first-order valence-corrected chi connectivity index (χ1v) is 4.77. The second kappa shape index (κ2) is 3.49. The Hall–Kier alpha value is -0.851. The molecule has 0 N–H and O–H groups in total. The van der Waals surface area contributed by atoms with Crippen molar-refractivity contribution >= 4 is 6.29 Å². The molecule has 1 nitrogen and oxygen atoms in total. The van der Waals surface area contributed by atoms with Crippen molar-refractivity contribution in [3.05, 3.63) is 45.5 Å². The van der Waals surface area contributed by atoms with Gasteiger partial charge in [-0.2, -0.15) is 0 Å². The van der Waals surface area contributed by atoms with Gasteiger partial charge in [0, 0.05) is 0 Å². The fourth-order valence-electron chi connectivity index (χ4n) is 1.65. The summed E-state index contributed by atoms with van der Waals surface area (Å²) in [6.45, 7) is 0. The van der Waals surface area contributed by atoms with Gasteiger partial charge in [-0.1, -0.05) is 0 Å². The molecule has 0 unspecified atom stereocenters. The van der Waals surface area contributed by atoms with Gasteiger partial charge in [-0.05, 0) is 0 Å². The zero-order chi connectivity index (χ0) is 9.26. The summed E-state index contributed by atoms with van der Waals surface area (Å²) in [6.07, 6.45) is 10.8. The number of carbonyl (C=O) groups is 1. The van der Waals surface area contributed by atoms with E-state index in [1.165, 1.54) is 5.57 Å². The summed E-state index contributed by atoms with van der Waals surface area (Å²) in [5, 5.41) is 0. The van der Waals surface area contributed by atoms with Gasteiger partial charge in [-0.25, -0.2) is 0 Å². The van der Waals surface area contributed by atoms with Gasteiger partial charge in [-0.3, -0.25) is 0 Å². The third kappa shape index (κ3) is 1.48. The number of aldehydes is 1. The topological polar surface area (TPSA) is 17.1 Å². The molecule has 0 aromatic carbocycles. The van der Waals surface area contributed by atoms with Crippen molar-refractivity contribution in [3.63, 3.8) is 0 Å². The van der Waals surface area contributed by atoms with E-state index in [0.29, 0.717) is 0 Å². The average molecular weight is 213 g/mol. The van der Waals surface area contributed by atoms with Gasteiger partial charge in [0.2, 0.25) is 0 Å². The molecule has 2 heteroatoms. The number of hydrogen-bond donors (Lipinski definition) is 0. The molecule has 0 amide bonds. The summed E-state index contributed by atoms with van der Waals surface area (Å²) in [6, 6.07) is 0. The molecule has 0 aliphatic heterocycles. The fraction of sp³-hybridized carbons (Fsp3) is 0.182. The molecule has 0 aromatic rings. The number of carbonyl (C=O) groups excluding carboxylic acids is 1. The van der Waals surface area contributed by atoms with Crippen LogP contribution in [-0.4, -0.2) is 6.29 Å². The molecule has 0 saturated carbocycles. The molecule has 0 heterocycles. The average Bonchev–Trinajstić information content (AvgIpc) is 2.72. The zero-order valence-electron chi connectivity index (χ0n) is 7.06. The standard InChI is InChI=1S/C11H9O.Fe/c12-8-10-6-3-7-11(10)9-4-1-2-5-9;/h1-2,4,6,8H,3,5H2;. The van der Waals surface area contributed by atoms with Crippen LogP contribution in [0.3, 0.4) is 0 Å². The minimum atomic E-state index is 0.806. The van der Waals surface area contributed by atoms with E-state index in [2.05, 4.69) is 28.2 Å². The van der Waals surface area contributed by atoms with E-state index in [0.717, 1.165) is 34.7 Å². The molecule has 2 rings (SSSR count). The molecule has 0 saturated heterocycles. The molecule has 67 valence electrons. The molecular weight excluding hydrogens is 204 g/mol. The predicted molar refractivity (Wildman–Crippen MR) is 47.6 cm³/mol. The van der Waals surface area contributed by atoms with Gasteiger partial charge >= 0.3 is 85.4 Å². The van der Waals surface area contributed by atoms with Crippen LogP contribution in [0.25, 0.3) is 0 Å². The molecular formula is C11H9FeO. The second-order valence-corrected chi connectivity index (χ2v) is 3.74. The second-order valence-electron chi connectivity index (χ2n) is 3.07. The van der Waals surface area contributed by atoms with E-state index >= 15 is 0 Å². The third-order valence-corrected chi connectivity index (χ3v) is 2.77. The fourth-order valence-corrected chi connectivity index (χ4v) is 2.10. The van der Waals surface area contributed by atoms with E-state index in [1.807, 2.05) is 12.2 Å². The Morgan fingerprint density at radius 1 is 1.38 bits per heavy atom. The summed E-state index contributed by atoms with van der Waals surface area (Å²) in [5.74, 6) is 0. The van der Waals surface area contributed by atoms with Crippen LogP contribution in [0.5, 0.6) is 0 Å². The van der Waals surface area contributed by atoms with Crippen molar-refractivity contribution in [2.24, 2.45) is 0 Å². The Balaban J connectivity index is 2.36. The van der Waals surface area contributed by atoms with Crippen LogP contribution in [0.2, 0.25) is 0 Å². The normalized spacial score (nSPS) is 20.7. The van der Waals surface area contributed by atoms with Crippen molar-refractivity contribution in [2.45, 2.75) is 12.8 Å². The first-order chi connectivity index (χ1) is 6.33. The van der Waals surface area contributed by atoms with Crippen molar-refractivity contribution in [2.75, 3.05) is 0 Å². The van der Waals surface area contributed by atoms with Crippen LogP contribution in [0, 0.1) is 0 Å². The van der Waals surface area contributed by atoms with Gasteiger partial charge in [0.25, 0.3) is 0 Å². The summed E-state index contributed by atoms with van der Waals surface area (Å²) in [7, 11) is 0. The molecule has 0 aromatic heterocycles. The van der Waals surface area contributed by atoms with E-state index in [-0.39, 0.29) is 0 Å². The van der Waals surface area contributed by atoms with E-state index in [4.69, 9.17) is 0 Å². The van der Waals surface area contributed by atoms with Crippen molar-refractivity contribution < 1.29 is 20.8 Å². The van der Waals surface area contributed by atoms with Gasteiger partial charge < -0.3 is 0 Å². The Bertz CT molecular complexity index is 370. The summed E-state index contributed by atoms with van der Waals surface area (Å²) < 4.78 is 1.07. The van der Waals surface area contributed by atoms with Crippen LogP contribution in [0.4, 0.5) is 0 Å². The maximum absolute atomic E-state index is 10.7. The maximum atomic E-state index is 10.7. The number of hydrogen-bond acceptors (Lipinski definition) is 1. The van der Waals surface area contributed by atoms with Gasteiger partial charge in [0.15, 0.2) is 0 Å². The van der Waals surface area contributed by atoms with Gasteiger partial charge in [0.05, 0.1) is 0 Å². The number of rotatable bonds is 2. The monoisotopic (exact) mass is 213 g/mol. The minimum absolute atomic E-state index is 0.806. The van der Waals surface area contributed by atoms with Gasteiger partial charge in [-0.15, -0.1) is 0 Å². The molecule has 0 fully saturated rings. The Kier molecular flexibility index (Phi) is 2.34. The molecule has 0 radical (unpaired) electrons. The van der Waals surface area contributed by atoms with Crippen LogP contribution in [0.15, 0.2) is 45.5 Å². The first-order valence-electron chi connectivity index (χ1n) is 4.22. The van der Waals surface area contributed by atoms with Gasteiger partial charge in [0.1, 0.15) is 0 Å². The van der Waals surface area contributed by atoms with Crippen LogP contribution in [0.1, 0.15) is 12.8 Å². The Morgan fingerprint density at radius 3 is 2.85 bits per heavy atom. The molecule has 0 bridgehead atoms. The molecule has 2 aliphatic carbocycles. The third-order valence-electron chi connectivity index (χ3n) is 2.27. The zero-order valence-corrected chi connectivity index (χ0v) is 8.17. The summed E-state index contributed by atoms with van der Waals surface area (Å²) >= 11 is 3.96. The van der Waals surface area contributed by atoms with E-state index in [1.54, 1.807) is 0 Å². The van der Waals surface area contributed by atoms with Crippen molar-refractivity contribution in [1.82, 2.24) is 0 Å². The Labute approximate surface area is 85.7 Å². The Morgan fingerprint density at radius 2 is 2.23 bits per heavy atom. The molecule has 0 spiro atoms. The van der Waals surface area contributed by atoms with E-state index < -0.39 is 0 Å². The van der Waals surface area contributed by atoms with Crippen LogP contribution in [-0.2, 0) is 20.8 Å². The molecule has 13 heavy (non-hydrogen) atoms. The van der Waals surface area contributed by atoms with Crippen LogP contribution >= 0.6 is 0 Å². The van der Waals surface area contributed by atoms with E-state index in [9.17, 15) is 4.79 Å². The quantitative estimate of drug-likeness (QED) is 0.507. The van der Waals surface area contributed by atoms with Crippen molar-refractivity contribution in [3.8, 4) is 0 Å². The SMILES string of the molecule is O=CC1=CC[C]([Fe])=C1C1=CC=CC1.